The highest BCUT2D eigenvalue weighted by Gasteiger charge is 2.35. The zero-order chi connectivity index (χ0) is 17.5. The van der Waals surface area contributed by atoms with Crippen LogP contribution < -0.4 is 9.47 Å². The molecule has 1 aliphatic heterocycles. The molecule has 0 bridgehead atoms. The topological polar surface area (TPSA) is 76.1 Å². The van der Waals surface area contributed by atoms with Crippen molar-refractivity contribution in [1.29, 1.82) is 0 Å². The van der Waals surface area contributed by atoms with E-state index < -0.39 is 11.9 Å². The van der Waals surface area contributed by atoms with Crippen LogP contribution in [-0.4, -0.2) is 47.7 Å². The summed E-state index contributed by atoms with van der Waals surface area (Å²) in [6.45, 7) is 4.98. The molecule has 1 N–H and O–H groups in total. The number of nitrogens with zero attached hydrogens (tertiary/aromatic N) is 1. The van der Waals surface area contributed by atoms with Gasteiger partial charge in [-0.25, -0.2) is 0 Å². The van der Waals surface area contributed by atoms with Crippen molar-refractivity contribution in [2.24, 2.45) is 5.92 Å². The largest absolute Gasteiger partial charge is 0.494 e. The molecule has 1 aliphatic rings. The third-order valence-electron chi connectivity index (χ3n) is 4.28. The lowest BCUT2D eigenvalue weighted by molar-refractivity contribution is -0.149. The molecule has 0 unspecified atom stereocenters. The van der Waals surface area contributed by atoms with Gasteiger partial charge in [-0.05, 0) is 50.5 Å². The minimum atomic E-state index is -0.844. The van der Waals surface area contributed by atoms with E-state index in [9.17, 15) is 14.7 Å². The van der Waals surface area contributed by atoms with Crippen LogP contribution in [0.3, 0.4) is 0 Å². The molecule has 0 radical (unpaired) electrons. The van der Waals surface area contributed by atoms with Crippen molar-refractivity contribution < 1.29 is 24.2 Å². The van der Waals surface area contributed by atoms with E-state index >= 15 is 0 Å². The Morgan fingerprint density at radius 3 is 2.42 bits per heavy atom. The predicted molar refractivity (Wildman–Crippen MR) is 89.3 cm³/mol. The van der Waals surface area contributed by atoms with E-state index in [2.05, 4.69) is 0 Å². The Balaban J connectivity index is 1.87. The number of carbonyl (C=O) groups is 2. The van der Waals surface area contributed by atoms with Crippen LogP contribution in [0.25, 0.3) is 0 Å². The van der Waals surface area contributed by atoms with Crippen molar-refractivity contribution in [2.75, 3.05) is 19.8 Å². The average molecular weight is 335 g/mol. The first-order valence-electron chi connectivity index (χ1n) is 8.41. The van der Waals surface area contributed by atoms with Crippen LogP contribution in [0.1, 0.15) is 33.1 Å². The maximum absolute atomic E-state index is 12.3. The van der Waals surface area contributed by atoms with Gasteiger partial charge in [0.2, 0.25) is 0 Å². The molecule has 0 aromatic heterocycles. The number of hydrogen-bond donors (Lipinski definition) is 1. The quantitative estimate of drug-likeness (QED) is 0.829. The number of aliphatic carboxylic acids is 1. The molecule has 1 aromatic rings. The monoisotopic (exact) mass is 335 g/mol. The number of carboxylic acid groups (broad SMARTS) is 1. The molecule has 6 nitrogen and oxygen atoms in total. The molecule has 6 heteroatoms. The first kappa shape index (κ1) is 18.1. The van der Waals surface area contributed by atoms with Crippen molar-refractivity contribution >= 4 is 11.9 Å². The highest BCUT2D eigenvalue weighted by atomic mass is 16.5. The van der Waals surface area contributed by atoms with Crippen LogP contribution in [0.4, 0.5) is 0 Å². The fourth-order valence-electron chi connectivity index (χ4n) is 2.91. The third-order valence-corrected chi connectivity index (χ3v) is 4.28. The number of piperidine rings is 1. The Kier molecular flexibility index (Phi) is 6.46. The lowest BCUT2D eigenvalue weighted by Gasteiger charge is -2.37. The second kappa shape index (κ2) is 8.57. The summed E-state index contributed by atoms with van der Waals surface area (Å²) in [5.41, 5.74) is 0. The maximum atomic E-state index is 12.3. The van der Waals surface area contributed by atoms with Crippen LogP contribution in [0.15, 0.2) is 24.3 Å². The normalized spacial score (nSPS) is 20.5. The maximum Gasteiger partial charge on any atom is 0.308 e. The summed E-state index contributed by atoms with van der Waals surface area (Å²) in [6, 6.07) is 6.83. The van der Waals surface area contributed by atoms with E-state index in [0.717, 1.165) is 12.2 Å². The Morgan fingerprint density at radius 2 is 1.83 bits per heavy atom. The summed E-state index contributed by atoms with van der Waals surface area (Å²) < 4.78 is 11.0. The van der Waals surface area contributed by atoms with Crippen LogP contribution in [-0.2, 0) is 9.59 Å². The fraction of sp³-hybridized carbons (Fsp3) is 0.556. The van der Waals surface area contributed by atoms with Gasteiger partial charge in [-0.15, -0.1) is 0 Å². The van der Waals surface area contributed by atoms with E-state index in [-0.39, 0.29) is 18.6 Å². The second-order valence-electron chi connectivity index (χ2n) is 6.02. The summed E-state index contributed by atoms with van der Waals surface area (Å²) in [5.74, 6) is -0.169. The zero-order valence-corrected chi connectivity index (χ0v) is 14.2. The van der Waals surface area contributed by atoms with E-state index in [1.54, 1.807) is 36.1 Å². The van der Waals surface area contributed by atoms with Crippen molar-refractivity contribution in [2.45, 2.75) is 39.2 Å². The van der Waals surface area contributed by atoms with E-state index in [1.807, 2.05) is 6.92 Å². The van der Waals surface area contributed by atoms with Crippen LogP contribution in [0.2, 0.25) is 0 Å². The number of hydrogen-bond acceptors (Lipinski definition) is 4. The van der Waals surface area contributed by atoms with Gasteiger partial charge in [-0.1, -0.05) is 6.92 Å². The third kappa shape index (κ3) is 4.63. The summed E-state index contributed by atoms with van der Waals surface area (Å²) in [5, 5.41) is 9.22. The van der Waals surface area contributed by atoms with Crippen molar-refractivity contribution in [3.63, 3.8) is 0 Å². The molecule has 2 atom stereocenters. The average Bonchev–Trinajstić information content (AvgIpc) is 2.58. The SMILES string of the molecule is CCCOc1ccc(OCC(=O)N2CCC[C@H](C(=O)O)[C@@H]2C)cc1. The summed E-state index contributed by atoms with van der Waals surface area (Å²) in [4.78, 5) is 25.2. The van der Waals surface area contributed by atoms with Gasteiger partial charge in [0.1, 0.15) is 11.5 Å². The molecular formula is C18H25NO5. The Bertz CT molecular complexity index is 557. The molecule has 1 amide bonds. The first-order chi connectivity index (χ1) is 11.5. The lowest BCUT2D eigenvalue weighted by atomic mass is 9.90. The van der Waals surface area contributed by atoms with Crippen LogP contribution >= 0.6 is 0 Å². The van der Waals surface area contributed by atoms with Gasteiger partial charge in [0.25, 0.3) is 5.91 Å². The number of carbonyl (C=O) groups excluding carboxylic acids is 1. The standard InChI is InChI=1S/C18H25NO5/c1-3-11-23-14-6-8-15(9-7-14)24-12-17(20)19-10-4-5-16(13(19)2)18(21)22/h6-9,13,16H,3-5,10-12H2,1-2H3,(H,21,22)/t13-,16-/m0/s1. The Hall–Kier alpha value is -2.24. The summed E-state index contributed by atoms with van der Waals surface area (Å²) in [7, 11) is 0. The van der Waals surface area contributed by atoms with E-state index in [0.29, 0.717) is 31.7 Å². The molecule has 0 aliphatic carbocycles. The van der Waals surface area contributed by atoms with Crippen molar-refractivity contribution in [3.05, 3.63) is 24.3 Å². The fourth-order valence-corrected chi connectivity index (χ4v) is 2.91. The van der Waals surface area contributed by atoms with Gasteiger partial charge in [0, 0.05) is 12.6 Å². The lowest BCUT2D eigenvalue weighted by Crippen LogP contribution is -2.50. The zero-order valence-electron chi connectivity index (χ0n) is 14.2. The Morgan fingerprint density at radius 1 is 1.21 bits per heavy atom. The van der Waals surface area contributed by atoms with Gasteiger partial charge in [-0.2, -0.15) is 0 Å². The van der Waals surface area contributed by atoms with E-state index in [1.165, 1.54) is 0 Å². The Labute approximate surface area is 142 Å². The molecule has 0 saturated carbocycles. The van der Waals surface area contributed by atoms with Gasteiger partial charge >= 0.3 is 5.97 Å². The van der Waals surface area contributed by atoms with Gasteiger partial charge in [-0.3, -0.25) is 9.59 Å². The number of rotatable bonds is 7. The predicted octanol–water partition coefficient (Wildman–Crippen LogP) is 2.57. The number of benzene rings is 1. The highest BCUT2D eigenvalue weighted by molar-refractivity contribution is 5.80. The molecule has 0 spiro atoms. The number of amides is 1. The molecule has 1 aromatic carbocycles. The van der Waals surface area contributed by atoms with Gasteiger partial charge in [0.15, 0.2) is 6.61 Å². The van der Waals surface area contributed by atoms with Crippen molar-refractivity contribution in [3.8, 4) is 11.5 Å². The molecule has 2 rings (SSSR count). The minimum Gasteiger partial charge on any atom is -0.494 e. The first-order valence-corrected chi connectivity index (χ1v) is 8.41. The molecular weight excluding hydrogens is 310 g/mol. The molecule has 24 heavy (non-hydrogen) atoms. The van der Waals surface area contributed by atoms with Crippen LogP contribution in [0, 0.1) is 5.92 Å². The van der Waals surface area contributed by atoms with Gasteiger partial charge < -0.3 is 19.5 Å². The molecule has 1 heterocycles. The summed E-state index contributed by atoms with van der Waals surface area (Å²) >= 11 is 0. The second-order valence-corrected chi connectivity index (χ2v) is 6.02. The van der Waals surface area contributed by atoms with Crippen molar-refractivity contribution in [1.82, 2.24) is 4.90 Å². The molecule has 132 valence electrons. The van der Waals surface area contributed by atoms with Crippen LogP contribution in [0.5, 0.6) is 11.5 Å². The number of ether oxygens (including phenoxy) is 2. The van der Waals surface area contributed by atoms with E-state index in [4.69, 9.17) is 9.47 Å². The smallest absolute Gasteiger partial charge is 0.308 e. The minimum absolute atomic E-state index is 0.0914. The molecule has 1 fully saturated rings. The number of carboxylic acids is 1. The number of likely N-dealkylation sites (tertiary alicyclic amines) is 1. The summed E-state index contributed by atoms with van der Waals surface area (Å²) in [6.07, 6.45) is 2.26. The molecule has 1 saturated heterocycles. The van der Waals surface area contributed by atoms with Gasteiger partial charge in [0.05, 0.1) is 12.5 Å². The highest BCUT2D eigenvalue weighted by Crippen LogP contribution is 2.24.